The van der Waals surface area contributed by atoms with Crippen molar-refractivity contribution in [1.29, 1.82) is 0 Å². The lowest BCUT2D eigenvalue weighted by atomic mass is 10.1. The van der Waals surface area contributed by atoms with Crippen molar-refractivity contribution in [2.24, 2.45) is 0 Å². The molecule has 0 aliphatic rings. The van der Waals surface area contributed by atoms with Gasteiger partial charge in [-0.2, -0.15) is 0 Å². The Hall–Kier alpha value is -3.67. The molecule has 2 amide bonds. The number of hydrogen-bond acceptors (Lipinski definition) is 4. The van der Waals surface area contributed by atoms with Crippen molar-refractivity contribution in [2.45, 2.75) is 13.8 Å². The summed E-state index contributed by atoms with van der Waals surface area (Å²) in [6.07, 6.45) is 1.44. The number of methoxy groups -OCH3 is 1. The van der Waals surface area contributed by atoms with Crippen LogP contribution in [-0.4, -0.2) is 23.9 Å². The second-order valence-corrected chi connectivity index (χ2v) is 6.41. The van der Waals surface area contributed by atoms with Crippen LogP contribution >= 0.6 is 0 Å². The highest BCUT2D eigenvalue weighted by Crippen LogP contribution is 2.23. The number of hydrogen-bond donors (Lipinski definition) is 2. The van der Waals surface area contributed by atoms with Gasteiger partial charge in [0, 0.05) is 17.4 Å². The molecule has 3 rings (SSSR count). The average Bonchev–Trinajstić information content (AvgIpc) is 2.67. The number of amides is 2. The third-order valence-corrected chi connectivity index (χ3v) is 4.09. The van der Waals surface area contributed by atoms with Gasteiger partial charge in [0.2, 0.25) is 0 Å². The van der Waals surface area contributed by atoms with Crippen molar-refractivity contribution in [3.63, 3.8) is 0 Å². The topological polar surface area (TPSA) is 80.3 Å². The van der Waals surface area contributed by atoms with Crippen LogP contribution in [-0.2, 0) is 0 Å². The Morgan fingerprint density at radius 3 is 2.32 bits per heavy atom. The summed E-state index contributed by atoms with van der Waals surface area (Å²) < 4.78 is 5.24. The predicted molar refractivity (Wildman–Crippen MR) is 109 cm³/mol. The van der Waals surface area contributed by atoms with E-state index >= 15 is 0 Å². The standard InChI is InChI=1S/C22H21N3O3/c1-14-10-15(2)12-17(11-14)24-22(27)19-13-16(8-9-23-19)21(26)25-18-6-4-5-7-20(18)28-3/h4-13H,1-3H3,(H,24,27)(H,25,26). The van der Waals surface area contributed by atoms with E-state index in [1.165, 1.54) is 19.4 Å². The summed E-state index contributed by atoms with van der Waals surface area (Å²) in [7, 11) is 1.53. The van der Waals surface area contributed by atoms with Crippen LogP contribution in [0.4, 0.5) is 11.4 Å². The molecule has 0 saturated carbocycles. The number of anilines is 2. The van der Waals surface area contributed by atoms with Crippen molar-refractivity contribution in [3.05, 3.63) is 83.2 Å². The van der Waals surface area contributed by atoms with Gasteiger partial charge in [-0.05, 0) is 61.4 Å². The van der Waals surface area contributed by atoms with Gasteiger partial charge in [0.25, 0.3) is 11.8 Å². The molecule has 6 heteroatoms. The van der Waals surface area contributed by atoms with Crippen LogP contribution in [0, 0.1) is 13.8 Å². The average molecular weight is 375 g/mol. The molecular formula is C22H21N3O3. The number of pyridine rings is 1. The lowest BCUT2D eigenvalue weighted by Gasteiger charge is -2.10. The fraction of sp³-hybridized carbons (Fsp3) is 0.136. The van der Waals surface area contributed by atoms with Crippen molar-refractivity contribution >= 4 is 23.2 Å². The lowest BCUT2D eigenvalue weighted by molar-refractivity contribution is 0.102. The number of benzene rings is 2. The Balaban J connectivity index is 1.77. The lowest BCUT2D eigenvalue weighted by Crippen LogP contribution is -2.17. The van der Waals surface area contributed by atoms with Crippen LogP contribution in [0.1, 0.15) is 32.0 Å². The fourth-order valence-electron chi connectivity index (χ4n) is 2.88. The van der Waals surface area contributed by atoms with Crippen LogP contribution < -0.4 is 15.4 Å². The molecule has 1 heterocycles. The normalized spacial score (nSPS) is 10.2. The van der Waals surface area contributed by atoms with Gasteiger partial charge in [-0.1, -0.05) is 18.2 Å². The summed E-state index contributed by atoms with van der Waals surface area (Å²) in [4.78, 5) is 29.2. The maximum Gasteiger partial charge on any atom is 0.274 e. The maximum absolute atomic E-state index is 12.6. The Labute approximate surface area is 163 Å². The van der Waals surface area contributed by atoms with E-state index < -0.39 is 0 Å². The van der Waals surface area contributed by atoms with E-state index in [1.54, 1.807) is 24.3 Å². The highest BCUT2D eigenvalue weighted by atomic mass is 16.5. The molecule has 0 aliphatic heterocycles. The Bertz CT molecular complexity index is 1010. The predicted octanol–water partition coefficient (Wildman–Crippen LogP) is 4.21. The molecule has 0 radical (unpaired) electrons. The van der Waals surface area contributed by atoms with Crippen molar-refractivity contribution in [2.75, 3.05) is 17.7 Å². The monoisotopic (exact) mass is 375 g/mol. The minimum atomic E-state index is -0.378. The molecule has 0 aliphatic carbocycles. The van der Waals surface area contributed by atoms with Crippen LogP contribution in [0.15, 0.2) is 60.8 Å². The second-order valence-electron chi connectivity index (χ2n) is 6.41. The molecule has 142 valence electrons. The van der Waals surface area contributed by atoms with Gasteiger partial charge >= 0.3 is 0 Å². The molecule has 2 N–H and O–H groups in total. The molecule has 1 aromatic heterocycles. The van der Waals surface area contributed by atoms with Crippen LogP contribution in [0.2, 0.25) is 0 Å². The summed E-state index contributed by atoms with van der Waals surface area (Å²) in [5.74, 6) is -0.179. The van der Waals surface area contributed by atoms with Crippen molar-refractivity contribution < 1.29 is 14.3 Å². The number of nitrogens with zero attached hydrogens (tertiary/aromatic N) is 1. The first kappa shape index (κ1) is 19.1. The van der Waals surface area contributed by atoms with E-state index in [4.69, 9.17) is 4.74 Å². The van der Waals surface area contributed by atoms with Gasteiger partial charge in [0.05, 0.1) is 12.8 Å². The number of carbonyl (C=O) groups excluding carboxylic acids is 2. The highest BCUT2D eigenvalue weighted by molar-refractivity contribution is 6.08. The molecule has 2 aromatic carbocycles. The smallest absolute Gasteiger partial charge is 0.274 e. The van der Waals surface area contributed by atoms with Gasteiger partial charge in [0.15, 0.2) is 0 Å². The summed E-state index contributed by atoms with van der Waals surface area (Å²) >= 11 is 0. The quantitative estimate of drug-likeness (QED) is 0.700. The maximum atomic E-state index is 12.6. The van der Waals surface area contributed by atoms with E-state index in [0.717, 1.165) is 11.1 Å². The van der Waals surface area contributed by atoms with Crippen LogP contribution in [0.3, 0.4) is 0 Å². The third kappa shape index (κ3) is 4.54. The summed E-state index contributed by atoms with van der Waals surface area (Å²) in [5.41, 5.74) is 3.82. The zero-order chi connectivity index (χ0) is 20.1. The first-order valence-electron chi connectivity index (χ1n) is 8.76. The number of nitrogens with one attached hydrogen (secondary N) is 2. The molecule has 3 aromatic rings. The minimum Gasteiger partial charge on any atom is -0.495 e. The summed E-state index contributed by atoms with van der Waals surface area (Å²) in [6.45, 7) is 3.92. The first-order valence-corrected chi connectivity index (χ1v) is 8.76. The van der Waals surface area contributed by atoms with Gasteiger partial charge in [-0.25, -0.2) is 0 Å². The van der Waals surface area contributed by atoms with Gasteiger partial charge in [-0.3, -0.25) is 14.6 Å². The van der Waals surface area contributed by atoms with Gasteiger partial charge in [-0.15, -0.1) is 0 Å². The molecule has 0 bridgehead atoms. The van der Waals surface area contributed by atoms with E-state index in [9.17, 15) is 9.59 Å². The third-order valence-electron chi connectivity index (χ3n) is 4.09. The highest BCUT2D eigenvalue weighted by Gasteiger charge is 2.14. The largest absolute Gasteiger partial charge is 0.495 e. The van der Waals surface area contributed by atoms with E-state index in [-0.39, 0.29) is 17.5 Å². The van der Waals surface area contributed by atoms with E-state index in [1.807, 2.05) is 38.1 Å². The minimum absolute atomic E-state index is 0.159. The molecule has 6 nitrogen and oxygen atoms in total. The molecule has 0 fully saturated rings. The Morgan fingerprint density at radius 2 is 1.61 bits per heavy atom. The van der Waals surface area contributed by atoms with Crippen LogP contribution in [0.25, 0.3) is 0 Å². The van der Waals surface area contributed by atoms with Gasteiger partial charge < -0.3 is 15.4 Å². The molecule has 0 atom stereocenters. The van der Waals surface area contributed by atoms with E-state index in [0.29, 0.717) is 22.7 Å². The summed E-state index contributed by atoms with van der Waals surface area (Å²) in [6, 6.07) is 15.9. The first-order chi connectivity index (χ1) is 13.5. The van der Waals surface area contributed by atoms with Gasteiger partial charge in [0.1, 0.15) is 11.4 Å². The van der Waals surface area contributed by atoms with Crippen molar-refractivity contribution in [1.82, 2.24) is 4.98 Å². The number of aromatic nitrogens is 1. The summed E-state index contributed by atoms with van der Waals surface area (Å²) in [5, 5.41) is 5.61. The van der Waals surface area contributed by atoms with Crippen molar-refractivity contribution in [3.8, 4) is 5.75 Å². The SMILES string of the molecule is COc1ccccc1NC(=O)c1ccnc(C(=O)Nc2cc(C)cc(C)c2)c1. The number of ether oxygens (including phenoxy) is 1. The second kappa shape index (κ2) is 8.35. The Morgan fingerprint density at radius 1 is 0.893 bits per heavy atom. The molecule has 0 unspecified atom stereocenters. The molecular weight excluding hydrogens is 354 g/mol. The zero-order valence-electron chi connectivity index (χ0n) is 15.9. The zero-order valence-corrected chi connectivity index (χ0v) is 15.9. The fourth-order valence-corrected chi connectivity index (χ4v) is 2.88. The molecule has 0 spiro atoms. The molecule has 0 saturated heterocycles. The number of para-hydroxylation sites is 2. The van der Waals surface area contributed by atoms with Crippen LogP contribution in [0.5, 0.6) is 5.75 Å². The number of aryl methyl sites for hydroxylation is 2. The number of rotatable bonds is 5. The van der Waals surface area contributed by atoms with E-state index in [2.05, 4.69) is 15.6 Å². The number of carbonyl (C=O) groups is 2. The Kier molecular flexibility index (Phi) is 5.69. The molecule has 28 heavy (non-hydrogen) atoms.